The molecular formula is C18H29N3O2. The maximum Gasteiger partial charge on any atom is 0.231 e. The fourth-order valence-electron chi connectivity index (χ4n) is 3.84. The molecule has 0 unspecified atom stereocenters. The smallest absolute Gasteiger partial charge is 0.231 e. The van der Waals surface area contributed by atoms with Crippen LogP contribution >= 0.6 is 0 Å². The fourth-order valence-corrected chi connectivity index (χ4v) is 3.84. The van der Waals surface area contributed by atoms with Gasteiger partial charge in [0.05, 0.1) is 5.92 Å². The molecule has 2 aliphatic rings. The molecule has 1 atom stereocenters. The Labute approximate surface area is 138 Å². The Morgan fingerprint density at radius 2 is 2.04 bits per heavy atom. The van der Waals surface area contributed by atoms with Gasteiger partial charge in [-0.25, -0.2) is 0 Å². The molecule has 0 bridgehead atoms. The van der Waals surface area contributed by atoms with Crippen LogP contribution in [0.25, 0.3) is 0 Å². The zero-order valence-corrected chi connectivity index (χ0v) is 14.5. The van der Waals surface area contributed by atoms with Crippen molar-refractivity contribution in [3.63, 3.8) is 0 Å². The van der Waals surface area contributed by atoms with Gasteiger partial charge in [-0.2, -0.15) is 4.98 Å². The molecule has 1 amide bonds. The molecule has 1 saturated heterocycles. The predicted octanol–water partition coefficient (Wildman–Crippen LogP) is 3.87. The molecule has 1 aromatic heterocycles. The quantitative estimate of drug-likeness (QED) is 0.826. The van der Waals surface area contributed by atoms with Crippen LogP contribution in [0.3, 0.4) is 0 Å². The van der Waals surface area contributed by atoms with Crippen molar-refractivity contribution in [1.29, 1.82) is 0 Å². The van der Waals surface area contributed by atoms with E-state index >= 15 is 0 Å². The molecule has 1 aliphatic heterocycles. The van der Waals surface area contributed by atoms with Crippen LogP contribution in [0.2, 0.25) is 0 Å². The maximum atomic E-state index is 12.5. The Morgan fingerprint density at radius 1 is 1.26 bits per heavy atom. The summed E-state index contributed by atoms with van der Waals surface area (Å²) in [6.07, 6.45) is 9.16. The Bertz CT molecular complexity index is 520. The zero-order valence-electron chi connectivity index (χ0n) is 14.5. The first-order valence-electron chi connectivity index (χ1n) is 9.24. The van der Waals surface area contributed by atoms with Gasteiger partial charge in [-0.3, -0.25) is 4.79 Å². The lowest BCUT2D eigenvalue weighted by molar-refractivity contribution is -0.132. The molecule has 1 saturated carbocycles. The lowest BCUT2D eigenvalue weighted by atomic mass is 9.96. The molecule has 1 aromatic rings. The molecule has 0 aromatic carbocycles. The highest BCUT2D eigenvalue weighted by atomic mass is 16.5. The predicted molar refractivity (Wildman–Crippen MR) is 88.1 cm³/mol. The second kappa shape index (κ2) is 7.45. The molecule has 3 rings (SSSR count). The molecule has 5 heteroatoms. The highest BCUT2D eigenvalue weighted by molar-refractivity contribution is 5.76. The van der Waals surface area contributed by atoms with Crippen molar-refractivity contribution in [2.75, 3.05) is 13.1 Å². The normalized spacial score (nSPS) is 22.9. The molecule has 0 spiro atoms. The first-order valence-corrected chi connectivity index (χ1v) is 9.24. The molecule has 0 radical (unpaired) electrons. The van der Waals surface area contributed by atoms with Crippen molar-refractivity contribution in [2.24, 2.45) is 5.92 Å². The first-order chi connectivity index (χ1) is 11.1. The summed E-state index contributed by atoms with van der Waals surface area (Å²) in [5, 5.41) is 4.06. The summed E-state index contributed by atoms with van der Waals surface area (Å²) in [4.78, 5) is 19.0. The van der Waals surface area contributed by atoms with Crippen LogP contribution in [0.15, 0.2) is 4.52 Å². The molecule has 128 valence electrons. The molecule has 23 heavy (non-hydrogen) atoms. The van der Waals surface area contributed by atoms with Gasteiger partial charge in [0.1, 0.15) is 0 Å². The van der Waals surface area contributed by atoms with Gasteiger partial charge in [0, 0.05) is 25.4 Å². The van der Waals surface area contributed by atoms with Gasteiger partial charge in [-0.05, 0) is 25.2 Å². The third-order valence-corrected chi connectivity index (χ3v) is 5.34. The van der Waals surface area contributed by atoms with Gasteiger partial charge < -0.3 is 9.42 Å². The third-order valence-electron chi connectivity index (χ3n) is 5.34. The van der Waals surface area contributed by atoms with E-state index in [0.717, 1.165) is 44.1 Å². The highest BCUT2D eigenvalue weighted by Crippen LogP contribution is 2.30. The van der Waals surface area contributed by atoms with Gasteiger partial charge in [0.15, 0.2) is 5.82 Å². The average molecular weight is 319 g/mol. The SMILES string of the molecule is CC(C)c1noc([C@@H]2CCCN(C(=O)CCC3CCCC3)C2)n1. The van der Waals surface area contributed by atoms with Crippen molar-refractivity contribution in [3.05, 3.63) is 11.7 Å². The number of piperidine rings is 1. The van der Waals surface area contributed by atoms with Crippen LogP contribution in [0.1, 0.15) is 88.8 Å². The number of aromatic nitrogens is 2. The molecule has 2 heterocycles. The van der Waals surface area contributed by atoms with E-state index in [2.05, 4.69) is 24.0 Å². The van der Waals surface area contributed by atoms with Crippen LogP contribution < -0.4 is 0 Å². The van der Waals surface area contributed by atoms with E-state index in [1.54, 1.807) is 0 Å². The van der Waals surface area contributed by atoms with Crippen LogP contribution in [0.5, 0.6) is 0 Å². The van der Waals surface area contributed by atoms with Crippen molar-refractivity contribution in [2.45, 2.75) is 77.0 Å². The number of hydrogen-bond acceptors (Lipinski definition) is 4. The summed E-state index contributed by atoms with van der Waals surface area (Å²) in [7, 11) is 0. The monoisotopic (exact) mass is 319 g/mol. The number of nitrogens with zero attached hydrogens (tertiary/aromatic N) is 3. The summed E-state index contributed by atoms with van der Waals surface area (Å²) in [6, 6.07) is 0. The molecule has 2 fully saturated rings. The number of carbonyl (C=O) groups is 1. The largest absolute Gasteiger partial charge is 0.342 e. The van der Waals surface area contributed by atoms with Crippen molar-refractivity contribution in [1.82, 2.24) is 15.0 Å². The Kier molecular flexibility index (Phi) is 5.34. The maximum absolute atomic E-state index is 12.5. The number of rotatable bonds is 5. The van der Waals surface area contributed by atoms with E-state index in [0.29, 0.717) is 18.2 Å². The van der Waals surface area contributed by atoms with Crippen molar-refractivity contribution >= 4 is 5.91 Å². The number of carbonyl (C=O) groups excluding carboxylic acids is 1. The van der Waals surface area contributed by atoms with Crippen molar-refractivity contribution < 1.29 is 9.32 Å². The standard InChI is InChI=1S/C18H29N3O2/c1-13(2)17-19-18(23-20-17)15-8-5-11-21(12-15)16(22)10-9-14-6-3-4-7-14/h13-15H,3-12H2,1-2H3/t15-/m1/s1. The van der Waals surface area contributed by atoms with Crippen LogP contribution in [-0.2, 0) is 4.79 Å². The highest BCUT2D eigenvalue weighted by Gasteiger charge is 2.29. The number of hydrogen-bond donors (Lipinski definition) is 0. The Morgan fingerprint density at radius 3 is 2.74 bits per heavy atom. The van der Waals surface area contributed by atoms with E-state index in [-0.39, 0.29) is 11.8 Å². The van der Waals surface area contributed by atoms with E-state index in [1.807, 2.05) is 4.90 Å². The minimum atomic E-state index is 0.208. The summed E-state index contributed by atoms with van der Waals surface area (Å²) < 4.78 is 5.44. The van der Waals surface area contributed by atoms with Gasteiger partial charge in [-0.1, -0.05) is 44.7 Å². The van der Waals surface area contributed by atoms with Gasteiger partial charge in [0.2, 0.25) is 11.8 Å². The minimum absolute atomic E-state index is 0.208. The van der Waals surface area contributed by atoms with Gasteiger partial charge in [0.25, 0.3) is 0 Å². The molecular weight excluding hydrogens is 290 g/mol. The number of amides is 1. The molecule has 5 nitrogen and oxygen atoms in total. The average Bonchev–Trinajstić information content (AvgIpc) is 3.24. The van der Waals surface area contributed by atoms with Crippen LogP contribution in [0, 0.1) is 5.92 Å². The number of likely N-dealkylation sites (tertiary alicyclic amines) is 1. The lowest BCUT2D eigenvalue weighted by Gasteiger charge is -2.31. The van der Waals surface area contributed by atoms with E-state index in [1.165, 1.54) is 25.7 Å². The first kappa shape index (κ1) is 16.5. The Hall–Kier alpha value is -1.39. The van der Waals surface area contributed by atoms with E-state index in [9.17, 15) is 4.79 Å². The second-order valence-electron chi connectivity index (χ2n) is 7.51. The van der Waals surface area contributed by atoms with Gasteiger partial charge in [-0.15, -0.1) is 0 Å². The Balaban J connectivity index is 1.53. The third kappa shape index (κ3) is 4.12. The minimum Gasteiger partial charge on any atom is -0.342 e. The fraction of sp³-hybridized carbons (Fsp3) is 0.833. The molecule has 0 N–H and O–H groups in total. The van der Waals surface area contributed by atoms with Crippen LogP contribution in [-0.4, -0.2) is 34.0 Å². The van der Waals surface area contributed by atoms with E-state index in [4.69, 9.17) is 4.52 Å². The topological polar surface area (TPSA) is 59.2 Å². The summed E-state index contributed by atoms with van der Waals surface area (Å²) >= 11 is 0. The van der Waals surface area contributed by atoms with E-state index < -0.39 is 0 Å². The van der Waals surface area contributed by atoms with Crippen molar-refractivity contribution in [3.8, 4) is 0 Å². The summed E-state index contributed by atoms with van der Waals surface area (Å²) in [5.74, 6) is 3.06. The second-order valence-corrected chi connectivity index (χ2v) is 7.51. The molecule has 1 aliphatic carbocycles. The zero-order chi connectivity index (χ0) is 16.2. The van der Waals surface area contributed by atoms with Gasteiger partial charge >= 0.3 is 0 Å². The van der Waals surface area contributed by atoms with Crippen LogP contribution in [0.4, 0.5) is 0 Å². The lowest BCUT2D eigenvalue weighted by Crippen LogP contribution is -2.39. The summed E-state index contributed by atoms with van der Waals surface area (Å²) in [6.45, 7) is 5.75. The summed E-state index contributed by atoms with van der Waals surface area (Å²) in [5.41, 5.74) is 0.